The Balaban J connectivity index is 1.62. The van der Waals surface area contributed by atoms with Crippen LogP contribution in [0.2, 0.25) is 0 Å². The summed E-state index contributed by atoms with van der Waals surface area (Å²) in [6, 6.07) is 8.41. The average molecular weight is 435 g/mol. The molecule has 0 bridgehead atoms. The van der Waals surface area contributed by atoms with E-state index in [2.05, 4.69) is 30.5 Å². The van der Waals surface area contributed by atoms with E-state index in [-0.39, 0.29) is 23.7 Å². The molecule has 0 spiro atoms. The normalized spacial score (nSPS) is 16.7. The van der Waals surface area contributed by atoms with Crippen LogP contribution < -0.4 is 15.5 Å². The Bertz CT molecular complexity index is 1180. The monoisotopic (exact) mass is 435 g/mol. The number of nitro groups is 1. The van der Waals surface area contributed by atoms with E-state index in [4.69, 9.17) is 0 Å². The van der Waals surface area contributed by atoms with E-state index in [1.54, 1.807) is 18.3 Å². The van der Waals surface area contributed by atoms with Crippen LogP contribution in [0.1, 0.15) is 37.7 Å². The minimum absolute atomic E-state index is 0.0335. The van der Waals surface area contributed by atoms with Crippen LogP contribution in [0.3, 0.4) is 0 Å². The fourth-order valence-electron chi connectivity index (χ4n) is 3.99. The van der Waals surface area contributed by atoms with Crippen LogP contribution in [-0.4, -0.2) is 44.9 Å². The Kier molecular flexibility index (Phi) is 5.85. The smallest absolute Gasteiger partial charge is 0.269 e. The van der Waals surface area contributed by atoms with Crippen molar-refractivity contribution in [3.05, 3.63) is 58.0 Å². The number of hydrogen-bond acceptors (Lipinski definition) is 8. The molecule has 1 aliphatic heterocycles. The third-order valence-electron chi connectivity index (χ3n) is 5.53. The lowest BCUT2D eigenvalue weighted by molar-refractivity contribution is -0.384. The van der Waals surface area contributed by atoms with Gasteiger partial charge in [0.05, 0.1) is 22.7 Å². The second-order valence-electron chi connectivity index (χ2n) is 8.03. The molecule has 2 N–H and O–H groups in total. The number of nitrogens with one attached hydrogen (secondary N) is 2. The number of nitro benzene ring substituents is 1. The standard InChI is InChI=1S/C22H25N7O3/c1-13(16-5-4-6-18(9-16)29(31)32)24-22-19-10-21(23-11-20(19)25-14(2)26-22)28-8-7-17(12-28)27-15(3)30/h4-6,9-11,13,17H,7-8,12H2,1-3H3,(H,27,30)(H,24,25,26)/t13?,17-/m1/s1. The summed E-state index contributed by atoms with van der Waals surface area (Å²) in [4.78, 5) is 37.9. The molecule has 0 aliphatic carbocycles. The highest BCUT2D eigenvalue weighted by Gasteiger charge is 2.24. The van der Waals surface area contributed by atoms with Gasteiger partial charge in [0, 0.05) is 43.6 Å². The number of carbonyl (C=O) groups is 1. The van der Waals surface area contributed by atoms with E-state index in [0.29, 0.717) is 23.7 Å². The molecule has 166 valence electrons. The largest absolute Gasteiger partial charge is 0.363 e. The topological polar surface area (TPSA) is 126 Å². The molecule has 1 aliphatic rings. The molecule has 2 atom stereocenters. The van der Waals surface area contributed by atoms with Crippen LogP contribution in [0.5, 0.6) is 0 Å². The maximum absolute atomic E-state index is 11.4. The maximum Gasteiger partial charge on any atom is 0.269 e. The van der Waals surface area contributed by atoms with E-state index >= 15 is 0 Å². The van der Waals surface area contributed by atoms with Gasteiger partial charge < -0.3 is 15.5 Å². The molecule has 32 heavy (non-hydrogen) atoms. The molecule has 0 radical (unpaired) electrons. The summed E-state index contributed by atoms with van der Waals surface area (Å²) in [6.45, 7) is 6.76. The third-order valence-corrected chi connectivity index (χ3v) is 5.53. The zero-order valence-corrected chi connectivity index (χ0v) is 18.2. The lowest BCUT2D eigenvalue weighted by Crippen LogP contribution is -2.35. The zero-order valence-electron chi connectivity index (χ0n) is 18.2. The van der Waals surface area contributed by atoms with E-state index in [1.807, 2.05) is 26.0 Å². The van der Waals surface area contributed by atoms with Crippen LogP contribution >= 0.6 is 0 Å². The fraction of sp³-hybridized carbons (Fsp3) is 0.364. The number of fused-ring (bicyclic) bond motifs is 1. The number of nitrogens with zero attached hydrogens (tertiary/aromatic N) is 5. The van der Waals surface area contributed by atoms with Crippen molar-refractivity contribution in [2.45, 2.75) is 39.3 Å². The van der Waals surface area contributed by atoms with Gasteiger partial charge in [-0.25, -0.2) is 15.0 Å². The number of hydrogen-bond donors (Lipinski definition) is 2. The van der Waals surface area contributed by atoms with Gasteiger partial charge >= 0.3 is 0 Å². The molecule has 1 amide bonds. The zero-order chi connectivity index (χ0) is 22.8. The summed E-state index contributed by atoms with van der Waals surface area (Å²) in [5.41, 5.74) is 1.55. The highest BCUT2D eigenvalue weighted by Crippen LogP contribution is 2.29. The first-order valence-electron chi connectivity index (χ1n) is 10.5. The quantitative estimate of drug-likeness (QED) is 0.447. The van der Waals surface area contributed by atoms with Gasteiger partial charge in [-0.2, -0.15) is 0 Å². The molecule has 1 saturated heterocycles. The first-order valence-corrected chi connectivity index (χ1v) is 10.5. The van der Waals surface area contributed by atoms with Crippen molar-refractivity contribution in [1.29, 1.82) is 0 Å². The minimum atomic E-state index is -0.400. The number of pyridine rings is 1. The van der Waals surface area contributed by atoms with Gasteiger partial charge in [0.15, 0.2) is 0 Å². The molecule has 1 unspecified atom stereocenters. The van der Waals surface area contributed by atoms with Crippen LogP contribution in [0.25, 0.3) is 10.9 Å². The van der Waals surface area contributed by atoms with Gasteiger partial charge in [0.2, 0.25) is 5.91 Å². The minimum Gasteiger partial charge on any atom is -0.363 e. The summed E-state index contributed by atoms with van der Waals surface area (Å²) >= 11 is 0. The van der Waals surface area contributed by atoms with Crippen LogP contribution in [0.15, 0.2) is 36.5 Å². The van der Waals surface area contributed by atoms with Gasteiger partial charge in [0.25, 0.3) is 5.69 Å². The molecule has 1 fully saturated rings. The van der Waals surface area contributed by atoms with E-state index in [1.165, 1.54) is 13.0 Å². The van der Waals surface area contributed by atoms with Crippen LogP contribution in [0.4, 0.5) is 17.3 Å². The van der Waals surface area contributed by atoms with Crippen molar-refractivity contribution in [2.75, 3.05) is 23.3 Å². The van der Waals surface area contributed by atoms with Gasteiger partial charge in [0.1, 0.15) is 17.5 Å². The van der Waals surface area contributed by atoms with E-state index < -0.39 is 4.92 Å². The average Bonchev–Trinajstić information content (AvgIpc) is 3.21. The predicted octanol–water partition coefficient (Wildman–Crippen LogP) is 3.13. The maximum atomic E-state index is 11.4. The molecule has 10 heteroatoms. The number of aryl methyl sites for hydroxylation is 1. The Morgan fingerprint density at radius 2 is 2.12 bits per heavy atom. The molecular weight excluding hydrogens is 410 g/mol. The lowest BCUT2D eigenvalue weighted by Gasteiger charge is -2.20. The van der Waals surface area contributed by atoms with Crippen molar-refractivity contribution < 1.29 is 9.72 Å². The Morgan fingerprint density at radius 3 is 2.88 bits per heavy atom. The Hall–Kier alpha value is -3.82. The first kappa shape index (κ1) is 21.4. The summed E-state index contributed by atoms with van der Waals surface area (Å²) in [7, 11) is 0. The molecule has 10 nitrogen and oxygen atoms in total. The summed E-state index contributed by atoms with van der Waals surface area (Å²) in [5, 5.41) is 18.3. The number of non-ortho nitro benzene ring substituents is 1. The van der Waals surface area contributed by atoms with Gasteiger partial charge in [-0.05, 0) is 31.9 Å². The number of amides is 1. The van der Waals surface area contributed by atoms with Crippen molar-refractivity contribution in [2.24, 2.45) is 0 Å². The number of carbonyl (C=O) groups excluding carboxylic acids is 1. The molecule has 4 rings (SSSR count). The number of rotatable bonds is 6. The third kappa shape index (κ3) is 4.58. The van der Waals surface area contributed by atoms with Crippen molar-refractivity contribution in [3.63, 3.8) is 0 Å². The second-order valence-corrected chi connectivity index (χ2v) is 8.03. The van der Waals surface area contributed by atoms with Crippen molar-refractivity contribution in [1.82, 2.24) is 20.3 Å². The highest BCUT2D eigenvalue weighted by atomic mass is 16.6. The van der Waals surface area contributed by atoms with Gasteiger partial charge in [-0.15, -0.1) is 0 Å². The van der Waals surface area contributed by atoms with Crippen LogP contribution in [-0.2, 0) is 4.79 Å². The summed E-state index contributed by atoms with van der Waals surface area (Å²) in [5.74, 6) is 2.01. The summed E-state index contributed by atoms with van der Waals surface area (Å²) in [6.07, 6.45) is 2.59. The van der Waals surface area contributed by atoms with E-state index in [9.17, 15) is 14.9 Å². The van der Waals surface area contributed by atoms with Gasteiger partial charge in [-0.3, -0.25) is 14.9 Å². The molecular formula is C22H25N7O3. The Morgan fingerprint density at radius 1 is 1.31 bits per heavy atom. The van der Waals surface area contributed by atoms with Crippen molar-refractivity contribution >= 4 is 34.1 Å². The second kappa shape index (κ2) is 8.74. The summed E-state index contributed by atoms with van der Waals surface area (Å²) < 4.78 is 0. The first-order chi connectivity index (χ1) is 15.3. The molecule has 3 aromatic rings. The van der Waals surface area contributed by atoms with Gasteiger partial charge in [-0.1, -0.05) is 12.1 Å². The molecule has 2 aromatic heterocycles. The molecule has 1 aromatic carbocycles. The number of aromatic nitrogens is 3. The molecule has 0 saturated carbocycles. The fourth-order valence-corrected chi connectivity index (χ4v) is 3.99. The Labute approximate surface area is 185 Å². The predicted molar refractivity (Wildman–Crippen MR) is 122 cm³/mol. The molecule has 3 heterocycles. The number of benzene rings is 1. The number of anilines is 2. The van der Waals surface area contributed by atoms with Crippen molar-refractivity contribution in [3.8, 4) is 0 Å². The SMILES string of the molecule is CC(=O)N[C@@H]1CCN(c2cc3c(NC(C)c4cccc([N+](=O)[O-])c4)nc(C)nc3cn2)C1. The highest BCUT2D eigenvalue weighted by molar-refractivity contribution is 5.90. The lowest BCUT2D eigenvalue weighted by atomic mass is 10.1. The van der Waals surface area contributed by atoms with Crippen LogP contribution in [0, 0.1) is 17.0 Å². The van der Waals surface area contributed by atoms with E-state index in [0.717, 1.165) is 29.7 Å².